The van der Waals surface area contributed by atoms with Gasteiger partial charge in [-0.3, -0.25) is 19.6 Å². The summed E-state index contributed by atoms with van der Waals surface area (Å²) in [5.74, 6) is 0.350. The Morgan fingerprint density at radius 2 is 2.04 bits per heavy atom. The fourth-order valence-electron chi connectivity index (χ4n) is 2.32. The Labute approximate surface area is 133 Å². The molecule has 2 rings (SSSR count). The van der Waals surface area contributed by atoms with Crippen LogP contribution in [-0.4, -0.2) is 39.5 Å². The minimum absolute atomic E-state index is 0.0124. The van der Waals surface area contributed by atoms with Crippen LogP contribution in [0.1, 0.15) is 12.8 Å². The van der Waals surface area contributed by atoms with E-state index >= 15 is 0 Å². The summed E-state index contributed by atoms with van der Waals surface area (Å²) in [6.45, 7) is 1.88. The molecule has 1 fully saturated rings. The Morgan fingerprint density at radius 1 is 1.35 bits per heavy atom. The number of rotatable bonds is 7. The smallest absolute Gasteiger partial charge is 0.293 e. The van der Waals surface area contributed by atoms with E-state index in [2.05, 4.69) is 5.32 Å². The zero-order valence-corrected chi connectivity index (χ0v) is 13.0. The second kappa shape index (κ2) is 7.38. The predicted molar refractivity (Wildman–Crippen MR) is 81.5 cm³/mol. The first kappa shape index (κ1) is 17.2. The Balaban J connectivity index is 2.19. The summed E-state index contributed by atoms with van der Waals surface area (Å²) >= 11 is 0. The van der Waals surface area contributed by atoms with Crippen molar-refractivity contribution >= 4 is 27.8 Å². The number of nitro groups is 1. The molecule has 0 aromatic heterocycles. The largest absolute Gasteiger partial charge is 0.381 e. The van der Waals surface area contributed by atoms with Crippen molar-refractivity contribution in [1.29, 1.82) is 0 Å². The maximum atomic E-state index is 11.7. The summed E-state index contributed by atoms with van der Waals surface area (Å²) in [5.41, 5.74) is -0.114. The maximum Gasteiger partial charge on any atom is 0.293 e. The van der Waals surface area contributed by atoms with E-state index in [0.717, 1.165) is 18.9 Å². The molecule has 1 aromatic carbocycles. The lowest BCUT2D eigenvalue weighted by atomic mass is 10.0. The molecule has 10 heteroatoms. The van der Waals surface area contributed by atoms with Gasteiger partial charge in [-0.15, -0.1) is 0 Å². The molecule has 1 aliphatic heterocycles. The summed E-state index contributed by atoms with van der Waals surface area (Å²) in [7, 11) is -4.09. The van der Waals surface area contributed by atoms with Crippen molar-refractivity contribution in [2.24, 2.45) is 5.92 Å². The molecule has 126 valence electrons. The van der Waals surface area contributed by atoms with Gasteiger partial charge in [0.15, 0.2) is 0 Å². The molecule has 0 aliphatic carbocycles. The second-order valence-corrected chi connectivity index (χ2v) is 6.83. The maximum absolute atomic E-state index is 11.7. The fraction of sp³-hybridized carbons (Fsp3) is 0.462. The average molecular weight is 343 g/mol. The Morgan fingerprint density at radius 3 is 2.65 bits per heavy atom. The van der Waals surface area contributed by atoms with E-state index in [-0.39, 0.29) is 22.7 Å². The van der Waals surface area contributed by atoms with Crippen molar-refractivity contribution in [3.05, 3.63) is 28.3 Å². The van der Waals surface area contributed by atoms with E-state index in [1.165, 1.54) is 12.1 Å². The van der Waals surface area contributed by atoms with Gasteiger partial charge >= 0.3 is 0 Å². The molecule has 0 spiro atoms. The van der Waals surface area contributed by atoms with E-state index < -0.39 is 14.9 Å². The van der Waals surface area contributed by atoms with Gasteiger partial charge in [-0.25, -0.2) is 8.42 Å². The van der Waals surface area contributed by atoms with E-state index in [0.29, 0.717) is 25.7 Å². The molecule has 0 atom stereocenters. The Kier molecular flexibility index (Phi) is 5.50. The molecule has 0 unspecified atom stereocenters. The molecule has 1 amide bonds. The number of anilines is 1. The highest BCUT2D eigenvalue weighted by Crippen LogP contribution is 2.28. The summed E-state index contributed by atoms with van der Waals surface area (Å²) in [6.07, 6.45) is 1.76. The second-order valence-electron chi connectivity index (χ2n) is 5.11. The molecular weight excluding hydrogens is 326 g/mol. The summed E-state index contributed by atoms with van der Waals surface area (Å²) in [4.78, 5) is 20.5. The monoisotopic (exact) mass is 343 g/mol. The van der Waals surface area contributed by atoms with Crippen molar-refractivity contribution in [3.63, 3.8) is 0 Å². The van der Waals surface area contributed by atoms with Gasteiger partial charge < -0.3 is 10.1 Å². The van der Waals surface area contributed by atoms with Crippen molar-refractivity contribution in [1.82, 2.24) is 4.72 Å². The standard InChI is InChI=1S/C13H17N3O6S/c17-9-15-23(20,21)11-1-2-12(13(7-11)16(18)19)14-8-10-3-5-22-6-4-10/h1-2,7,9-10,14H,3-6,8H2,(H,15,17). The number of sulfonamides is 1. The number of benzene rings is 1. The molecule has 1 aromatic rings. The number of carbonyl (C=O) groups excluding carboxylic acids is 1. The van der Waals surface area contributed by atoms with Crippen LogP contribution in [0.5, 0.6) is 0 Å². The van der Waals surface area contributed by atoms with Gasteiger partial charge in [-0.05, 0) is 30.9 Å². The Bertz CT molecular complexity index is 685. The topological polar surface area (TPSA) is 128 Å². The van der Waals surface area contributed by atoms with Gasteiger partial charge in [0.2, 0.25) is 6.41 Å². The lowest BCUT2D eigenvalue weighted by Gasteiger charge is -2.22. The van der Waals surface area contributed by atoms with Crippen LogP contribution in [0.2, 0.25) is 0 Å². The van der Waals surface area contributed by atoms with Crippen molar-refractivity contribution in [2.75, 3.05) is 25.1 Å². The van der Waals surface area contributed by atoms with Crippen molar-refractivity contribution < 1.29 is 22.9 Å². The third-order valence-electron chi connectivity index (χ3n) is 3.60. The van der Waals surface area contributed by atoms with Crippen molar-refractivity contribution in [3.8, 4) is 0 Å². The fourth-order valence-corrected chi connectivity index (χ4v) is 3.09. The number of hydrogen-bond donors (Lipinski definition) is 2. The number of ether oxygens (including phenoxy) is 1. The lowest BCUT2D eigenvalue weighted by molar-refractivity contribution is -0.384. The van der Waals surface area contributed by atoms with E-state index in [4.69, 9.17) is 4.74 Å². The molecular formula is C13H17N3O6S. The van der Waals surface area contributed by atoms with E-state index in [9.17, 15) is 23.3 Å². The van der Waals surface area contributed by atoms with Crippen molar-refractivity contribution in [2.45, 2.75) is 17.7 Å². The first-order valence-electron chi connectivity index (χ1n) is 7.00. The van der Waals surface area contributed by atoms with E-state index in [1.54, 1.807) is 4.72 Å². The lowest BCUT2D eigenvalue weighted by Crippen LogP contribution is -2.23. The summed E-state index contributed by atoms with van der Waals surface area (Å²) < 4.78 is 30.3. The summed E-state index contributed by atoms with van der Waals surface area (Å²) in [6, 6.07) is 3.47. The number of nitrogens with zero attached hydrogens (tertiary/aromatic N) is 1. The third-order valence-corrected chi connectivity index (χ3v) is 4.88. The quantitative estimate of drug-likeness (QED) is 0.427. The van der Waals surface area contributed by atoms with Crippen LogP contribution in [0.15, 0.2) is 23.1 Å². The number of amides is 1. The van der Waals surface area contributed by atoms with Crippen LogP contribution in [0.25, 0.3) is 0 Å². The molecule has 0 bridgehead atoms. The molecule has 0 radical (unpaired) electrons. The van der Waals surface area contributed by atoms with Crippen LogP contribution in [0, 0.1) is 16.0 Å². The van der Waals surface area contributed by atoms with Crippen LogP contribution >= 0.6 is 0 Å². The number of hydrogen-bond acceptors (Lipinski definition) is 7. The molecule has 1 heterocycles. The first-order valence-corrected chi connectivity index (χ1v) is 8.48. The predicted octanol–water partition coefficient (Wildman–Crippen LogP) is 0.868. The van der Waals surface area contributed by atoms with Gasteiger partial charge in [0.25, 0.3) is 15.7 Å². The van der Waals surface area contributed by atoms with Crippen LogP contribution in [0.3, 0.4) is 0 Å². The highest BCUT2D eigenvalue weighted by atomic mass is 32.2. The van der Waals surface area contributed by atoms with Crippen LogP contribution in [-0.2, 0) is 19.6 Å². The van der Waals surface area contributed by atoms with Gasteiger partial charge in [0.1, 0.15) is 5.69 Å². The number of nitrogens with one attached hydrogen (secondary N) is 2. The zero-order chi connectivity index (χ0) is 16.9. The van der Waals surface area contributed by atoms with Crippen LogP contribution < -0.4 is 10.0 Å². The van der Waals surface area contributed by atoms with Gasteiger partial charge in [-0.1, -0.05) is 0 Å². The SMILES string of the molecule is O=CNS(=O)(=O)c1ccc(NCC2CCOCC2)c([N+](=O)[O-])c1. The van der Waals surface area contributed by atoms with Gasteiger partial charge in [-0.2, -0.15) is 0 Å². The Hall–Kier alpha value is -2.20. The average Bonchev–Trinajstić information content (AvgIpc) is 2.53. The highest BCUT2D eigenvalue weighted by Gasteiger charge is 2.22. The normalized spacial score (nSPS) is 15.8. The molecule has 1 aliphatic rings. The zero-order valence-electron chi connectivity index (χ0n) is 12.2. The minimum atomic E-state index is -4.09. The third kappa shape index (κ3) is 4.39. The summed E-state index contributed by atoms with van der Waals surface area (Å²) in [5, 5.41) is 14.2. The first-order chi connectivity index (χ1) is 10.9. The number of carbonyl (C=O) groups is 1. The van der Waals surface area contributed by atoms with Gasteiger partial charge in [0.05, 0.1) is 9.82 Å². The molecule has 2 N–H and O–H groups in total. The minimum Gasteiger partial charge on any atom is -0.381 e. The van der Waals surface area contributed by atoms with Crippen LogP contribution in [0.4, 0.5) is 11.4 Å². The molecule has 9 nitrogen and oxygen atoms in total. The number of nitro benzene ring substituents is 1. The highest BCUT2D eigenvalue weighted by molar-refractivity contribution is 7.90. The molecule has 23 heavy (non-hydrogen) atoms. The van der Waals surface area contributed by atoms with Gasteiger partial charge in [0, 0.05) is 25.8 Å². The molecule has 1 saturated heterocycles. The molecule has 0 saturated carbocycles. The van der Waals surface area contributed by atoms with E-state index in [1.807, 2.05) is 0 Å².